The van der Waals surface area contributed by atoms with Gasteiger partial charge in [-0.1, -0.05) is 59.8 Å². The molecule has 1 saturated heterocycles. The van der Waals surface area contributed by atoms with Crippen LogP contribution in [-0.4, -0.2) is 52.1 Å². The lowest BCUT2D eigenvalue weighted by atomic mass is 10.0. The molecular weight excluding hydrogens is 471 g/mol. The quantitative estimate of drug-likeness (QED) is 0.401. The van der Waals surface area contributed by atoms with E-state index < -0.39 is 12.1 Å². The lowest BCUT2D eigenvalue weighted by Crippen LogP contribution is -2.49. The van der Waals surface area contributed by atoms with E-state index in [-0.39, 0.29) is 11.7 Å². The lowest BCUT2D eigenvalue weighted by molar-refractivity contribution is -0.159. The SMILES string of the molecule is O=C(Cc1ccc(-c2ccccc2)cc1)N1CCN(c2ccc(-c3noc(C(F)(F)F)n3)cn2)CC1. The van der Waals surface area contributed by atoms with E-state index >= 15 is 0 Å². The Bertz CT molecular complexity index is 1310. The summed E-state index contributed by atoms with van der Waals surface area (Å²) in [4.78, 5) is 24.4. The largest absolute Gasteiger partial charge is 0.471 e. The van der Waals surface area contributed by atoms with E-state index in [9.17, 15) is 18.0 Å². The Morgan fingerprint density at radius 1 is 0.861 bits per heavy atom. The highest BCUT2D eigenvalue weighted by atomic mass is 19.4. The topological polar surface area (TPSA) is 75.4 Å². The number of alkyl halides is 3. The number of aromatic nitrogens is 3. The van der Waals surface area contributed by atoms with Crippen LogP contribution < -0.4 is 4.90 Å². The predicted molar refractivity (Wildman–Crippen MR) is 127 cm³/mol. The van der Waals surface area contributed by atoms with E-state index in [1.165, 1.54) is 6.20 Å². The van der Waals surface area contributed by atoms with Gasteiger partial charge in [0.1, 0.15) is 5.82 Å². The van der Waals surface area contributed by atoms with Crippen LogP contribution in [0.25, 0.3) is 22.5 Å². The highest BCUT2D eigenvalue weighted by Crippen LogP contribution is 2.29. The average molecular weight is 493 g/mol. The van der Waals surface area contributed by atoms with E-state index in [0.29, 0.717) is 44.0 Å². The van der Waals surface area contributed by atoms with Crippen molar-refractivity contribution in [3.8, 4) is 22.5 Å². The molecule has 10 heteroatoms. The van der Waals surface area contributed by atoms with Crippen LogP contribution in [0.5, 0.6) is 0 Å². The van der Waals surface area contributed by atoms with Gasteiger partial charge in [-0.15, -0.1) is 0 Å². The van der Waals surface area contributed by atoms with Crippen molar-refractivity contribution in [2.24, 2.45) is 0 Å². The van der Waals surface area contributed by atoms with Crippen molar-refractivity contribution in [3.05, 3.63) is 84.4 Å². The molecule has 36 heavy (non-hydrogen) atoms. The summed E-state index contributed by atoms with van der Waals surface area (Å²) in [5.41, 5.74) is 3.54. The zero-order chi connectivity index (χ0) is 25.1. The molecule has 0 saturated carbocycles. The summed E-state index contributed by atoms with van der Waals surface area (Å²) in [6.07, 6.45) is -2.94. The molecule has 3 heterocycles. The van der Waals surface area contributed by atoms with Crippen LogP contribution in [0.2, 0.25) is 0 Å². The molecule has 7 nitrogen and oxygen atoms in total. The number of carbonyl (C=O) groups is 1. The van der Waals surface area contributed by atoms with Crippen LogP contribution in [0.4, 0.5) is 19.0 Å². The highest BCUT2D eigenvalue weighted by Gasteiger charge is 2.38. The van der Waals surface area contributed by atoms with E-state index in [4.69, 9.17) is 0 Å². The molecule has 5 rings (SSSR count). The van der Waals surface area contributed by atoms with Crippen LogP contribution in [0.15, 0.2) is 77.4 Å². The number of halogens is 3. The fourth-order valence-corrected chi connectivity index (χ4v) is 4.08. The molecular formula is C26H22F3N5O2. The number of amides is 1. The summed E-state index contributed by atoms with van der Waals surface area (Å²) in [6, 6.07) is 21.4. The molecule has 4 aromatic rings. The predicted octanol–water partition coefficient (Wildman–Crippen LogP) is 4.71. The molecule has 0 atom stereocenters. The second-order valence-corrected chi connectivity index (χ2v) is 8.43. The van der Waals surface area contributed by atoms with Gasteiger partial charge >= 0.3 is 12.1 Å². The van der Waals surface area contributed by atoms with Crippen LogP contribution >= 0.6 is 0 Å². The Kier molecular flexibility index (Phi) is 6.41. The van der Waals surface area contributed by atoms with Crippen molar-refractivity contribution >= 4 is 11.7 Å². The fourth-order valence-electron chi connectivity index (χ4n) is 4.08. The summed E-state index contributed by atoms with van der Waals surface area (Å²) in [7, 11) is 0. The number of hydrogen-bond acceptors (Lipinski definition) is 6. The maximum atomic E-state index is 12.8. The van der Waals surface area contributed by atoms with Crippen molar-refractivity contribution in [1.82, 2.24) is 20.0 Å². The maximum Gasteiger partial charge on any atom is 0.471 e. The summed E-state index contributed by atoms with van der Waals surface area (Å²) in [6.45, 7) is 2.32. The first-order valence-corrected chi connectivity index (χ1v) is 11.4. The van der Waals surface area contributed by atoms with Gasteiger partial charge in [0.2, 0.25) is 11.7 Å². The number of benzene rings is 2. The smallest absolute Gasteiger partial charge is 0.353 e. The van der Waals surface area contributed by atoms with E-state index in [2.05, 4.69) is 31.8 Å². The minimum Gasteiger partial charge on any atom is -0.353 e. The average Bonchev–Trinajstić information content (AvgIpc) is 3.41. The molecule has 2 aromatic carbocycles. The molecule has 2 aromatic heterocycles. The zero-order valence-electron chi connectivity index (χ0n) is 19.2. The zero-order valence-corrected chi connectivity index (χ0v) is 19.2. The minimum absolute atomic E-state index is 0.0722. The number of nitrogens with zero attached hydrogens (tertiary/aromatic N) is 5. The third-order valence-electron chi connectivity index (χ3n) is 6.05. The summed E-state index contributed by atoms with van der Waals surface area (Å²) >= 11 is 0. The molecule has 0 radical (unpaired) electrons. The van der Waals surface area contributed by atoms with Crippen molar-refractivity contribution in [3.63, 3.8) is 0 Å². The minimum atomic E-state index is -4.69. The first-order valence-electron chi connectivity index (χ1n) is 11.4. The van der Waals surface area contributed by atoms with Crippen molar-refractivity contribution in [2.45, 2.75) is 12.6 Å². The van der Waals surface area contributed by atoms with Gasteiger partial charge < -0.3 is 14.3 Å². The van der Waals surface area contributed by atoms with Gasteiger partial charge in [-0.25, -0.2) is 4.98 Å². The van der Waals surface area contributed by atoms with E-state index in [0.717, 1.165) is 16.7 Å². The standard InChI is InChI=1S/C26H22F3N5O2/c27-26(28,29)25-31-24(32-36-25)21-10-11-22(30-17-21)33-12-14-34(15-13-33)23(35)16-18-6-8-20(9-7-18)19-4-2-1-3-5-19/h1-11,17H,12-16H2. The molecule has 1 amide bonds. The molecule has 1 aliphatic heterocycles. The lowest BCUT2D eigenvalue weighted by Gasteiger charge is -2.35. The summed E-state index contributed by atoms with van der Waals surface area (Å²) in [5.74, 6) is -0.826. The van der Waals surface area contributed by atoms with Crippen LogP contribution in [0, 0.1) is 0 Å². The van der Waals surface area contributed by atoms with Crippen molar-refractivity contribution < 1.29 is 22.5 Å². The maximum absolute atomic E-state index is 12.8. The molecule has 0 spiro atoms. The Hall–Kier alpha value is -4.21. The van der Waals surface area contributed by atoms with E-state index in [1.54, 1.807) is 12.1 Å². The monoisotopic (exact) mass is 493 g/mol. The number of pyridine rings is 1. The number of carbonyl (C=O) groups excluding carboxylic acids is 1. The fraction of sp³-hybridized carbons (Fsp3) is 0.231. The Balaban J connectivity index is 1.15. The van der Waals surface area contributed by atoms with Crippen molar-refractivity contribution in [1.29, 1.82) is 0 Å². The first kappa shape index (κ1) is 23.5. The normalized spacial score (nSPS) is 14.2. The number of rotatable bonds is 5. The highest BCUT2D eigenvalue weighted by molar-refractivity contribution is 5.79. The molecule has 0 N–H and O–H groups in total. The summed E-state index contributed by atoms with van der Waals surface area (Å²) < 4.78 is 42.3. The van der Waals surface area contributed by atoms with Crippen LogP contribution in [-0.2, 0) is 17.4 Å². The molecule has 0 bridgehead atoms. The third kappa shape index (κ3) is 5.22. The molecule has 1 fully saturated rings. The number of hydrogen-bond donors (Lipinski definition) is 0. The van der Waals surface area contributed by atoms with Gasteiger partial charge in [0, 0.05) is 37.9 Å². The van der Waals surface area contributed by atoms with Gasteiger partial charge in [-0.3, -0.25) is 4.79 Å². The first-order chi connectivity index (χ1) is 17.4. The van der Waals surface area contributed by atoms with Gasteiger partial charge in [0.05, 0.1) is 6.42 Å². The van der Waals surface area contributed by atoms with Gasteiger partial charge in [0.15, 0.2) is 0 Å². The third-order valence-corrected chi connectivity index (χ3v) is 6.05. The molecule has 0 aliphatic carbocycles. The molecule has 0 unspecified atom stereocenters. The van der Waals surface area contributed by atoms with E-state index in [1.807, 2.05) is 52.3 Å². The number of piperazine rings is 1. The molecule has 184 valence electrons. The van der Waals surface area contributed by atoms with Crippen molar-refractivity contribution in [2.75, 3.05) is 31.1 Å². The Labute approximate surface area is 205 Å². The second kappa shape index (κ2) is 9.80. The Morgan fingerprint density at radius 2 is 1.53 bits per heavy atom. The van der Waals surface area contributed by atoms with Gasteiger partial charge in [0.25, 0.3) is 0 Å². The van der Waals surface area contributed by atoms with Crippen LogP contribution in [0.3, 0.4) is 0 Å². The molecule has 1 aliphatic rings. The van der Waals surface area contributed by atoms with Crippen LogP contribution in [0.1, 0.15) is 11.5 Å². The van der Waals surface area contributed by atoms with Gasteiger partial charge in [-0.2, -0.15) is 18.2 Å². The summed E-state index contributed by atoms with van der Waals surface area (Å²) in [5, 5.41) is 3.38. The Morgan fingerprint density at radius 3 is 2.14 bits per heavy atom. The second-order valence-electron chi connectivity index (χ2n) is 8.43. The van der Waals surface area contributed by atoms with Gasteiger partial charge in [-0.05, 0) is 28.8 Å². The number of anilines is 1.